The molecule has 0 radical (unpaired) electrons. The Labute approximate surface area is 127 Å². The number of likely N-dealkylation sites (tertiary alicyclic amines) is 2. The molecule has 0 unspecified atom stereocenters. The average molecular weight is 289 g/mol. The SMILES string of the molecule is OC[C@H]1CN(Cc2ccncc2)C[C@H]1CN1CCCCC1. The first-order chi connectivity index (χ1) is 10.3. The molecule has 0 aliphatic carbocycles. The van der Waals surface area contributed by atoms with Gasteiger partial charge in [-0.3, -0.25) is 9.88 Å². The van der Waals surface area contributed by atoms with Gasteiger partial charge in [0.1, 0.15) is 0 Å². The standard InChI is InChI=1S/C17H27N3O/c21-14-17-13-20(10-15-4-6-18-7-5-15)12-16(17)11-19-8-2-1-3-9-19/h4-7,16-17,21H,1-3,8-14H2/t16-,17-/m1/s1. The van der Waals surface area contributed by atoms with Gasteiger partial charge < -0.3 is 10.0 Å². The fourth-order valence-corrected chi connectivity index (χ4v) is 3.80. The van der Waals surface area contributed by atoms with Crippen molar-refractivity contribution < 1.29 is 5.11 Å². The summed E-state index contributed by atoms with van der Waals surface area (Å²) >= 11 is 0. The summed E-state index contributed by atoms with van der Waals surface area (Å²) in [5.41, 5.74) is 1.32. The maximum Gasteiger partial charge on any atom is 0.0475 e. The van der Waals surface area contributed by atoms with Crippen molar-refractivity contribution in [1.29, 1.82) is 0 Å². The third-order valence-corrected chi connectivity index (χ3v) is 4.98. The van der Waals surface area contributed by atoms with Gasteiger partial charge in [-0.25, -0.2) is 0 Å². The molecule has 1 aromatic heterocycles. The molecule has 1 aromatic rings. The molecular weight excluding hydrogens is 262 g/mol. The highest BCUT2D eigenvalue weighted by Crippen LogP contribution is 2.26. The Morgan fingerprint density at radius 2 is 1.71 bits per heavy atom. The second-order valence-corrected chi connectivity index (χ2v) is 6.61. The van der Waals surface area contributed by atoms with E-state index in [0.29, 0.717) is 18.4 Å². The van der Waals surface area contributed by atoms with Crippen LogP contribution in [0, 0.1) is 11.8 Å². The van der Waals surface area contributed by atoms with Gasteiger partial charge >= 0.3 is 0 Å². The van der Waals surface area contributed by atoms with Crippen LogP contribution in [0.1, 0.15) is 24.8 Å². The Balaban J connectivity index is 1.55. The second-order valence-electron chi connectivity index (χ2n) is 6.61. The number of aromatic nitrogens is 1. The van der Waals surface area contributed by atoms with E-state index in [1.165, 1.54) is 37.9 Å². The summed E-state index contributed by atoms with van der Waals surface area (Å²) < 4.78 is 0. The molecule has 116 valence electrons. The highest BCUT2D eigenvalue weighted by atomic mass is 16.3. The summed E-state index contributed by atoms with van der Waals surface area (Å²) in [6.07, 6.45) is 7.80. The van der Waals surface area contributed by atoms with Crippen LogP contribution in [0.4, 0.5) is 0 Å². The summed E-state index contributed by atoms with van der Waals surface area (Å²) in [5, 5.41) is 9.69. The second kappa shape index (κ2) is 7.34. The number of hydrogen-bond donors (Lipinski definition) is 1. The average Bonchev–Trinajstić information content (AvgIpc) is 2.91. The van der Waals surface area contributed by atoms with Gasteiger partial charge in [0.25, 0.3) is 0 Å². The zero-order chi connectivity index (χ0) is 14.5. The van der Waals surface area contributed by atoms with E-state index in [0.717, 1.165) is 26.2 Å². The van der Waals surface area contributed by atoms with Gasteiger partial charge in [0.05, 0.1) is 0 Å². The first kappa shape index (κ1) is 14.9. The van der Waals surface area contributed by atoms with Crippen LogP contribution in [0.3, 0.4) is 0 Å². The molecule has 3 rings (SSSR count). The van der Waals surface area contributed by atoms with Crippen LogP contribution in [-0.2, 0) is 6.54 Å². The Bertz CT molecular complexity index is 419. The summed E-state index contributed by atoms with van der Waals surface area (Å²) in [6, 6.07) is 4.18. The lowest BCUT2D eigenvalue weighted by atomic mass is 9.95. The first-order valence-electron chi connectivity index (χ1n) is 8.29. The van der Waals surface area contributed by atoms with E-state index < -0.39 is 0 Å². The molecule has 2 aliphatic heterocycles. The summed E-state index contributed by atoms with van der Waals surface area (Å²) in [5.74, 6) is 1.06. The summed E-state index contributed by atoms with van der Waals surface area (Å²) in [6.45, 7) is 7.11. The number of pyridine rings is 1. The maximum atomic E-state index is 9.69. The molecule has 4 heteroatoms. The van der Waals surface area contributed by atoms with Gasteiger partial charge in [0.15, 0.2) is 0 Å². The van der Waals surface area contributed by atoms with Gasteiger partial charge in [0.2, 0.25) is 0 Å². The van der Waals surface area contributed by atoms with Crippen molar-refractivity contribution in [3.8, 4) is 0 Å². The van der Waals surface area contributed by atoms with Crippen molar-refractivity contribution in [2.45, 2.75) is 25.8 Å². The lowest BCUT2D eigenvalue weighted by Gasteiger charge is -2.30. The molecule has 21 heavy (non-hydrogen) atoms. The number of aliphatic hydroxyl groups excluding tert-OH is 1. The van der Waals surface area contributed by atoms with E-state index in [1.54, 1.807) is 0 Å². The fourth-order valence-electron chi connectivity index (χ4n) is 3.80. The topological polar surface area (TPSA) is 39.6 Å². The highest BCUT2D eigenvalue weighted by molar-refractivity contribution is 5.10. The smallest absolute Gasteiger partial charge is 0.0475 e. The van der Waals surface area contributed by atoms with E-state index in [-0.39, 0.29) is 0 Å². The summed E-state index contributed by atoms with van der Waals surface area (Å²) in [7, 11) is 0. The molecule has 1 N–H and O–H groups in total. The van der Waals surface area contributed by atoms with Gasteiger partial charge in [-0.05, 0) is 55.5 Å². The molecule has 3 heterocycles. The van der Waals surface area contributed by atoms with Gasteiger partial charge in [-0.2, -0.15) is 0 Å². The van der Waals surface area contributed by atoms with Crippen molar-refractivity contribution in [2.75, 3.05) is 39.3 Å². The molecule has 0 amide bonds. The largest absolute Gasteiger partial charge is 0.396 e. The van der Waals surface area contributed by atoms with Crippen LogP contribution >= 0.6 is 0 Å². The van der Waals surface area contributed by atoms with Gasteiger partial charge in [0, 0.05) is 45.2 Å². The number of nitrogens with zero attached hydrogens (tertiary/aromatic N) is 3. The minimum atomic E-state index is 0.325. The van der Waals surface area contributed by atoms with Gasteiger partial charge in [-0.1, -0.05) is 6.42 Å². The molecule has 2 aliphatic rings. The minimum Gasteiger partial charge on any atom is -0.396 e. The van der Waals surface area contributed by atoms with Crippen LogP contribution in [-0.4, -0.2) is 59.2 Å². The van der Waals surface area contributed by atoms with Crippen LogP contribution in [0.2, 0.25) is 0 Å². The Kier molecular flexibility index (Phi) is 5.22. The monoisotopic (exact) mass is 289 g/mol. The maximum absolute atomic E-state index is 9.69. The third-order valence-electron chi connectivity index (χ3n) is 4.98. The lowest BCUT2D eigenvalue weighted by Crippen LogP contribution is -2.37. The molecule has 2 atom stereocenters. The molecule has 0 aromatic carbocycles. The van der Waals surface area contributed by atoms with E-state index in [1.807, 2.05) is 12.4 Å². The molecule has 2 fully saturated rings. The third kappa shape index (κ3) is 4.02. The minimum absolute atomic E-state index is 0.325. The molecular formula is C17H27N3O. The van der Waals surface area contributed by atoms with Crippen molar-refractivity contribution >= 4 is 0 Å². The normalized spacial score (nSPS) is 28.0. The van der Waals surface area contributed by atoms with Crippen molar-refractivity contribution in [1.82, 2.24) is 14.8 Å². The zero-order valence-corrected chi connectivity index (χ0v) is 12.8. The molecule has 0 spiro atoms. The predicted molar refractivity (Wildman–Crippen MR) is 83.9 cm³/mol. The van der Waals surface area contributed by atoms with E-state index in [2.05, 4.69) is 26.9 Å². The predicted octanol–water partition coefficient (Wildman–Crippen LogP) is 1.61. The molecule has 2 saturated heterocycles. The number of aliphatic hydroxyl groups is 1. The van der Waals surface area contributed by atoms with Crippen LogP contribution < -0.4 is 0 Å². The quantitative estimate of drug-likeness (QED) is 0.894. The Morgan fingerprint density at radius 3 is 2.43 bits per heavy atom. The lowest BCUT2D eigenvalue weighted by molar-refractivity contribution is 0.149. The number of hydrogen-bond acceptors (Lipinski definition) is 4. The van der Waals surface area contributed by atoms with Crippen LogP contribution in [0.5, 0.6) is 0 Å². The van der Waals surface area contributed by atoms with Crippen LogP contribution in [0.15, 0.2) is 24.5 Å². The van der Waals surface area contributed by atoms with E-state index in [4.69, 9.17) is 0 Å². The molecule has 0 saturated carbocycles. The summed E-state index contributed by atoms with van der Waals surface area (Å²) in [4.78, 5) is 9.17. The van der Waals surface area contributed by atoms with Crippen molar-refractivity contribution in [2.24, 2.45) is 11.8 Å². The van der Waals surface area contributed by atoms with Crippen molar-refractivity contribution in [3.63, 3.8) is 0 Å². The van der Waals surface area contributed by atoms with Crippen LogP contribution in [0.25, 0.3) is 0 Å². The zero-order valence-electron chi connectivity index (χ0n) is 12.8. The molecule has 4 nitrogen and oxygen atoms in total. The highest BCUT2D eigenvalue weighted by Gasteiger charge is 2.33. The Morgan fingerprint density at radius 1 is 1.00 bits per heavy atom. The number of piperidine rings is 1. The van der Waals surface area contributed by atoms with Crippen molar-refractivity contribution in [3.05, 3.63) is 30.1 Å². The van der Waals surface area contributed by atoms with Gasteiger partial charge in [-0.15, -0.1) is 0 Å². The fraction of sp³-hybridized carbons (Fsp3) is 0.706. The molecule has 0 bridgehead atoms. The number of rotatable bonds is 5. The van der Waals surface area contributed by atoms with E-state index >= 15 is 0 Å². The van der Waals surface area contributed by atoms with E-state index in [9.17, 15) is 5.11 Å². The first-order valence-corrected chi connectivity index (χ1v) is 8.29. The Hall–Kier alpha value is -0.970.